The Hall–Kier alpha value is -1.03. The first-order valence-electron chi connectivity index (χ1n) is 6.15. The molecule has 0 spiro atoms. The van der Waals surface area contributed by atoms with E-state index < -0.39 is 10.0 Å². The van der Waals surface area contributed by atoms with Crippen molar-refractivity contribution in [1.82, 2.24) is 9.97 Å². The Bertz CT molecular complexity index is 735. The summed E-state index contributed by atoms with van der Waals surface area (Å²) in [5.74, 6) is 0. The number of rotatable bonds is 3. The SMILES string of the molecule is Cc1nc2c(s1)C(Nc1ncc(S(N)(=O)=O)s1)CCC2. The quantitative estimate of drug-likeness (QED) is 0.897. The predicted octanol–water partition coefficient (Wildman–Crippen LogP) is 2.04. The van der Waals surface area contributed by atoms with E-state index in [1.54, 1.807) is 11.3 Å². The number of anilines is 1. The van der Waals surface area contributed by atoms with Crippen molar-refractivity contribution in [1.29, 1.82) is 0 Å². The topological polar surface area (TPSA) is 98.0 Å². The van der Waals surface area contributed by atoms with E-state index >= 15 is 0 Å². The van der Waals surface area contributed by atoms with Crippen LogP contribution in [0, 0.1) is 6.92 Å². The molecule has 0 bridgehead atoms. The molecular formula is C11H14N4O2S3. The van der Waals surface area contributed by atoms with Crippen molar-refractivity contribution in [3.8, 4) is 0 Å². The molecule has 0 amide bonds. The highest BCUT2D eigenvalue weighted by Crippen LogP contribution is 2.37. The van der Waals surface area contributed by atoms with Gasteiger partial charge in [-0.05, 0) is 26.2 Å². The number of nitrogens with two attached hydrogens (primary N) is 1. The standard InChI is InChI=1S/C11H14N4O2S3/c1-6-14-7-3-2-4-8(10(7)18-6)15-11-13-5-9(19-11)20(12,16)17/h5,8H,2-4H2,1H3,(H,13,15)(H2,12,16,17). The van der Waals surface area contributed by atoms with E-state index in [1.165, 1.54) is 11.1 Å². The summed E-state index contributed by atoms with van der Waals surface area (Å²) in [5.41, 5.74) is 1.15. The summed E-state index contributed by atoms with van der Waals surface area (Å²) in [6.45, 7) is 2.00. The van der Waals surface area contributed by atoms with E-state index in [1.807, 2.05) is 6.92 Å². The fraction of sp³-hybridized carbons (Fsp3) is 0.455. The van der Waals surface area contributed by atoms with Gasteiger partial charge in [-0.2, -0.15) is 0 Å². The largest absolute Gasteiger partial charge is 0.354 e. The lowest BCUT2D eigenvalue weighted by atomic mass is 9.98. The van der Waals surface area contributed by atoms with E-state index in [2.05, 4.69) is 15.3 Å². The molecule has 1 atom stereocenters. The van der Waals surface area contributed by atoms with Gasteiger partial charge in [0, 0.05) is 0 Å². The van der Waals surface area contributed by atoms with Gasteiger partial charge in [-0.1, -0.05) is 11.3 Å². The smallest absolute Gasteiger partial charge is 0.249 e. The minimum Gasteiger partial charge on any atom is -0.354 e. The molecule has 0 saturated carbocycles. The molecule has 3 N–H and O–H groups in total. The van der Waals surface area contributed by atoms with Crippen LogP contribution in [0.25, 0.3) is 0 Å². The number of aryl methyl sites for hydroxylation is 2. The maximum Gasteiger partial charge on any atom is 0.249 e. The Morgan fingerprint density at radius 1 is 1.45 bits per heavy atom. The van der Waals surface area contributed by atoms with E-state index in [-0.39, 0.29) is 10.3 Å². The second kappa shape index (κ2) is 5.06. The zero-order valence-corrected chi connectivity index (χ0v) is 13.2. The highest BCUT2D eigenvalue weighted by molar-refractivity contribution is 7.91. The summed E-state index contributed by atoms with van der Waals surface area (Å²) in [7, 11) is -3.67. The summed E-state index contributed by atoms with van der Waals surface area (Å²) in [6.07, 6.45) is 4.38. The van der Waals surface area contributed by atoms with Gasteiger partial charge in [0.1, 0.15) is 0 Å². The minimum absolute atomic E-state index is 0.0801. The van der Waals surface area contributed by atoms with Crippen LogP contribution in [0.5, 0.6) is 0 Å². The maximum atomic E-state index is 11.3. The van der Waals surface area contributed by atoms with E-state index in [0.717, 1.165) is 41.3 Å². The molecule has 0 aromatic carbocycles. The highest BCUT2D eigenvalue weighted by atomic mass is 32.2. The van der Waals surface area contributed by atoms with Crippen LogP contribution in [0.1, 0.15) is 34.5 Å². The number of thiazole rings is 2. The van der Waals surface area contributed by atoms with Crippen LogP contribution in [0.15, 0.2) is 10.4 Å². The first-order valence-corrected chi connectivity index (χ1v) is 9.33. The Morgan fingerprint density at radius 2 is 2.25 bits per heavy atom. The molecule has 1 aliphatic carbocycles. The molecule has 9 heteroatoms. The maximum absolute atomic E-state index is 11.3. The van der Waals surface area contributed by atoms with Gasteiger partial charge < -0.3 is 5.32 Å². The normalized spacial score (nSPS) is 18.8. The van der Waals surface area contributed by atoms with Crippen LogP contribution in [0.2, 0.25) is 0 Å². The lowest BCUT2D eigenvalue weighted by Crippen LogP contribution is -2.15. The fourth-order valence-corrected chi connectivity index (χ4v) is 4.85. The molecule has 1 aliphatic rings. The molecule has 2 heterocycles. The van der Waals surface area contributed by atoms with Gasteiger partial charge in [-0.3, -0.25) is 0 Å². The molecule has 2 aromatic heterocycles. The van der Waals surface area contributed by atoms with Crippen LogP contribution in [-0.4, -0.2) is 18.4 Å². The first kappa shape index (κ1) is 13.9. The molecule has 108 valence electrons. The van der Waals surface area contributed by atoms with Gasteiger partial charge in [0.05, 0.1) is 27.8 Å². The zero-order valence-electron chi connectivity index (χ0n) is 10.8. The summed E-state index contributed by atoms with van der Waals surface area (Å²) in [6, 6.07) is 0.157. The van der Waals surface area contributed by atoms with Crippen molar-refractivity contribution in [3.05, 3.63) is 21.8 Å². The number of nitrogens with zero attached hydrogens (tertiary/aromatic N) is 2. The Balaban J connectivity index is 1.84. The van der Waals surface area contributed by atoms with Gasteiger partial charge >= 0.3 is 0 Å². The van der Waals surface area contributed by atoms with Crippen LogP contribution < -0.4 is 10.5 Å². The van der Waals surface area contributed by atoms with Crippen LogP contribution in [-0.2, 0) is 16.4 Å². The molecule has 0 fully saturated rings. The summed E-state index contributed by atoms with van der Waals surface area (Å²) in [5, 5.41) is 10.0. The van der Waals surface area contributed by atoms with Crippen molar-refractivity contribution in [3.63, 3.8) is 0 Å². The molecule has 0 aliphatic heterocycles. The second-order valence-electron chi connectivity index (χ2n) is 4.66. The van der Waals surface area contributed by atoms with Gasteiger partial charge in [0.2, 0.25) is 10.0 Å². The number of hydrogen-bond donors (Lipinski definition) is 2. The average molecular weight is 330 g/mol. The monoisotopic (exact) mass is 330 g/mol. The second-order valence-corrected chi connectivity index (χ2v) is 8.72. The lowest BCUT2D eigenvalue weighted by molar-refractivity contribution is 0.599. The van der Waals surface area contributed by atoms with Gasteiger partial charge in [0.15, 0.2) is 9.34 Å². The number of nitrogens with one attached hydrogen (secondary N) is 1. The average Bonchev–Trinajstić information content (AvgIpc) is 2.94. The third kappa shape index (κ3) is 2.71. The molecule has 2 aromatic rings. The molecule has 3 rings (SSSR count). The first-order chi connectivity index (χ1) is 9.43. The third-order valence-corrected chi connectivity index (χ3v) is 6.58. The molecular weight excluding hydrogens is 316 g/mol. The van der Waals surface area contributed by atoms with Crippen molar-refractivity contribution in [2.24, 2.45) is 5.14 Å². The van der Waals surface area contributed by atoms with Crippen LogP contribution in [0.4, 0.5) is 5.13 Å². The Kier molecular flexibility index (Phi) is 3.53. The zero-order chi connectivity index (χ0) is 14.3. The summed E-state index contributed by atoms with van der Waals surface area (Å²) in [4.78, 5) is 9.86. The predicted molar refractivity (Wildman–Crippen MR) is 79.6 cm³/mol. The number of hydrogen-bond acceptors (Lipinski definition) is 7. The van der Waals surface area contributed by atoms with Crippen LogP contribution >= 0.6 is 22.7 Å². The molecule has 1 unspecified atom stereocenters. The Labute approximate surface area is 125 Å². The lowest BCUT2D eigenvalue weighted by Gasteiger charge is -2.21. The van der Waals surface area contributed by atoms with Crippen molar-refractivity contribution in [2.75, 3.05) is 5.32 Å². The van der Waals surface area contributed by atoms with E-state index in [4.69, 9.17) is 5.14 Å². The van der Waals surface area contributed by atoms with Gasteiger partial charge in [-0.15, -0.1) is 11.3 Å². The highest BCUT2D eigenvalue weighted by Gasteiger charge is 2.25. The number of aromatic nitrogens is 2. The summed E-state index contributed by atoms with van der Waals surface area (Å²) < 4.78 is 22.6. The van der Waals surface area contributed by atoms with Crippen molar-refractivity contribution < 1.29 is 8.42 Å². The number of sulfonamides is 1. The van der Waals surface area contributed by atoms with Crippen LogP contribution in [0.3, 0.4) is 0 Å². The number of primary sulfonamides is 1. The molecule has 0 saturated heterocycles. The molecule has 6 nitrogen and oxygen atoms in total. The minimum atomic E-state index is -3.67. The van der Waals surface area contributed by atoms with Crippen molar-refractivity contribution in [2.45, 2.75) is 36.4 Å². The molecule has 0 radical (unpaired) electrons. The number of fused-ring (bicyclic) bond motifs is 1. The van der Waals surface area contributed by atoms with Crippen molar-refractivity contribution >= 4 is 37.8 Å². The third-order valence-electron chi connectivity index (χ3n) is 3.12. The van der Waals surface area contributed by atoms with Gasteiger partial charge in [0.25, 0.3) is 0 Å². The van der Waals surface area contributed by atoms with E-state index in [9.17, 15) is 8.42 Å². The fourth-order valence-electron chi connectivity index (χ4n) is 2.29. The molecule has 20 heavy (non-hydrogen) atoms. The van der Waals surface area contributed by atoms with E-state index in [0.29, 0.717) is 5.13 Å². The summed E-state index contributed by atoms with van der Waals surface area (Å²) >= 11 is 2.75. The Morgan fingerprint density at radius 3 is 2.95 bits per heavy atom. The van der Waals surface area contributed by atoms with Gasteiger partial charge in [-0.25, -0.2) is 23.5 Å².